The summed E-state index contributed by atoms with van der Waals surface area (Å²) >= 11 is 0. The molecule has 1 heterocycles. The molecule has 157 valence electrons. The number of benzene rings is 4. The summed E-state index contributed by atoms with van der Waals surface area (Å²) in [5.41, 5.74) is 5.62. The topological polar surface area (TPSA) is 42.6 Å². The fourth-order valence-electron chi connectivity index (χ4n) is 4.63. The minimum atomic E-state index is -0.998. The van der Waals surface area contributed by atoms with Crippen LogP contribution in [0.25, 0.3) is 55.0 Å². The summed E-state index contributed by atoms with van der Waals surface area (Å²) in [6.07, 6.45) is 0. The summed E-state index contributed by atoms with van der Waals surface area (Å²) in [5.74, 6) is 0. The van der Waals surface area contributed by atoms with Crippen molar-refractivity contribution in [3.63, 3.8) is 0 Å². The minimum Gasteiger partial charge on any atom is -0.455 e. The largest absolute Gasteiger partial charge is 0.455 e. The van der Waals surface area contributed by atoms with Crippen LogP contribution in [-0.4, -0.2) is 23.8 Å². The van der Waals surface area contributed by atoms with Gasteiger partial charge in [0, 0.05) is 16.3 Å². The maximum absolute atomic E-state index is 10.6. The Hall–Kier alpha value is -3.08. The van der Waals surface area contributed by atoms with Crippen molar-refractivity contribution in [3.05, 3.63) is 66.7 Å². The summed E-state index contributed by atoms with van der Waals surface area (Å²) < 4.78 is 12.6. The van der Waals surface area contributed by atoms with E-state index >= 15 is 0 Å². The van der Waals surface area contributed by atoms with Gasteiger partial charge >= 0.3 is 7.48 Å². The molecule has 0 fully saturated rings. The first-order valence-corrected chi connectivity index (χ1v) is 11.0. The molecular formula is C28H24BO3. The van der Waals surface area contributed by atoms with Crippen LogP contribution in [0.4, 0.5) is 0 Å². The van der Waals surface area contributed by atoms with Crippen molar-refractivity contribution in [1.82, 2.24) is 0 Å². The fraction of sp³-hybridized carbons (Fsp3) is 0.214. The second-order valence-electron chi connectivity index (χ2n) is 9.70. The van der Waals surface area contributed by atoms with Crippen molar-refractivity contribution in [3.8, 4) is 22.3 Å². The zero-order chi connectivity index (χ0) is 22.3. The lowest BCUT2D eigenvalue weighted by atomic mass is 9.77. The van der Waals surface area contributed by atoms with E-state index in [-0.39, 0.29) is 0 Å². The Morgan fingerprint density at radius 1 is 0.812 bits per heavy atom. The van der Waals surface area contributed by atoms with Crippen LogP contribution in [0.2, 0.25) is 0 Å². The Bertz CT molecular complexity index is 1530. The van der Waals surface area contributed by atoms with Crippen LogP contribution in [0.3, 0.4) is 0 Å². The summed E-state index contributed by atoms with van der Waals surface area (Å²) in [6, 6.07) is 23.2. The second kappa shape index (κ2) is 6.47. The average Bonchev–Trinajstić information content (AvgIpc) is 3.29. The Balaban J connectivity index is 1.66. The number of rotatable bonds is 4. The summed E-state index contributed by atoms with van der Waals surface area (Å²) in [4.78, 5) is 0. The van der Waals surface area contributed by atoms with E-state index in [4.69, 9.17) is 9.07 Å². The molecule has 1 aromatic heterocycles. The van der Waals surface area contributed by atoms with E-state index < -0.39 is 11.2 Å². The third-order valence-electron chi connectivity index (χ3n) is 7.10. The molecule has 6 rings (SSSR count). The third kappa shape index (κ3) is 2.63. The Kier molecular flexibility index (Phi) is 3.96. The van der Waals surface area contributed by atoms with Gasteiger partial charge < -0.3 is 14.2 Å². The molecule has 1 aliphatic carbocycles. The van der Waals surface area contributed by atoms with E-state index in [1.165, 1.54) is 21.9 Å². The Morgan fingerprint density at radius 3 is 2.22 bits per heavy atom. The Morgan fingerprint density at radius 2 is 1.50 bits per heavy atom. The first-order chi connectivity index (χ1) is 15.3. The molecule has 0 saturated heterocycles. The molecule has 0 atom stereocenters. The number of hydrogen-bond acceptors (Lipinski definition) is 3. The molecule has 1 radical (unpaired) electrons. The molecular weight excluding hydrogens is 395 g/mol. The number of fused-ring (bicyclic) bond motifs is 7. The van der Waals surface area contributed by atoms with Crippen LogP contribution in [-0.2, 0) is 4.65 Å². The normalized spacial score (nSPS) is 13.3. The molecule has 5 aromatic rings. The zero-order valence-electron chi connectivity index (χ0n) is 18.7. The fourth-order valence-corrected chi connectivity index (χ4v) is 4.63. The summed E-state index contributed by atoms with van der Waals surface area (Å²) in [7, 11) is 1.81. The lowest BCUT2D eigenvalue weighted by Crippen LogP contribution is -2.49. The molecule has 32 heavy (non-hydrogen) atoms. The van der Waals surface area contributed by atoms with Crippen LogP contribution in [0.15, 0.2) is 71.1 Å². The van der Waals surface area contributed by atoms with Crippen LogP contribution in [0, 0.1) is 0 Å². The quantitative estimate of drug-likeness (QED) is 0.346. The summed E-state index contributed by atoms with van der Waals surface area (Å²) in [6.45, 7) is 7.36. The smallest absolute Gasteiger partial charge is 0.331 e. The van der Waals surface area contributed by atoms with Gasteiger partial charge in [0.15, 0.2) is 0 Å². The van der Waals surface area contributed by atoms with Crippen LogP contribution in [0.1, 0.15) is 27.7 Å². The Labute approximate surface area is 187 Å². The van der Waals surface area contributed by atoms with Gasteiger partial charge in [-0.15, -0.1) is 0 Å². The van der Waals surface area contributed by atoms with Crippen molar-refractivity contribution in [2.45, 2.75) is 38.9 Å². The maximum atomic E-state index is 10.6. The molecule has 3 nitrogen and oxygen atoms in total. The molecule has 0 unspecified atom stereocenters. The van der Waals surface area contributed by atoms with Gasteiger partial charge in [0.1, 0.15) is 11.2 Å². The SMILES string of the molecule is CC(C)(O)C(C)(C)O[B]c1cc2c(oc3ccccc32)c2c1-c1cccc3cccc-2c13. The summed E-state index contributed by atoms with van der Waals surface area (Å²) in [5, 5.41) is 15.2. The van der Waals surface area contributed by atoms with Crippen LogP contribution in [0.5, 0.6) is 0 Å². The maximum Gasteiger partial charge on any atom is 0.331 e. The molecule has 0 amide bonds. The standard InChI is InChI=1S/C28H24BO3/c1-27(2,30)28(3,4)32-29-21-15-20-17-11-5-6-14-22(17)31-26(20)25-19-13-8-10-16-9-7-12-18(23(16)19)24(21)25/h5-15,30H,1-4H3. The van der Waals surface area contributed by atoms with Crippen molar-refractivity contribution < 1.29 is 14.2 Å². The van der Waals surface area contributed by atoms with E-state index in [0.29, 0.717) is 0 Å². The number of aliphatic hydroxyl groups is 1. The lowest BCUT2D eigenvalue weighted by molar-refractivity contribution is -0.0893. The molecule has 0 aliphatic heterocycles. The van der Waals surface area contributed by atoms with Crippen LogP contribution < -0.4 is 5.46 Å². The number of para-hydroxylation sites is 1. The van der Waals surface area contributed by atoms with E-state index in [1.807, 2.05) is 39.5 Å². The molecule has 0 saturated carbocycles. The molecule has 4 heteroatoms. The number of hydrogen-bond donors (Lipinski definition) is 1. The highest BCUT2D eigenvalue weighted by molar-refractivity contribution is 6.52. The van der Waals surface area contributed by atoms with Gasteiger partial charge in [-0.3, -0.25) is 0 Å². The van der Waals surface area contributed by atoms with Gasteiger partial charge in [0.25, 0.3) is 0 Å². The third-order valence-corrected chi connectivity index (χ3v) is 7.10. The van der Waals surface area contributed by atoms with Gasteiger partial charge in [-0.2, -0.15) is 0 Å². The molecule has 0 spiro atoms. The van der Waals surface area contributed by atoms with Crippen molar-refractivity contribution in [1.29, 1.82) is 0 Å². The van der Waals surface area contributed by atoms with E-state index in [9.17, 15) is 5.11 Å². The van der Waals surface area contributed by atoms with Gasteiger partial charge in [-0.05, 0) is 66.7 Å². The monoisotopic (exact) mass is 419 g/mol. The molecule has 4 aromatic carbocycles. The highest BCUT2D eigenvalue weighted by atomic mass is 16.5. The van der Waals surface area contributed by atoms with E-state index in [0.717, 1.165) is 38.5 Å². The molecule has 1 aliphatic rings. The minimum absolute atomic E-state index is 0.759. The van der Waals surface area contributed by atoms with Gasteiger partial charge in [0.2, 0.25) is 0 Å². The predicted molar refractivity (Wildman–Crippen MR) is 133 cm³/mol. The van der Waals surface area contributed by atoms with Gasteiger partial charge in [-0.1, -0.05) is 60.7 Å². The van der Waals surface area contributed by atoms with Crippen LogP contribution >= 0.6 is 0 Å². The average molecular weight is 419 g/mol. The van der Waals surface area contributed by atoms with E-state index in [2.05, 4.69) is 48.5 Å². The highest BCUT2D eigenvalue weighted by Gasteiger charge is 2.37. The second-order valence-corrected chi connectivity index (χ2v) is 9.70. The first-order valence-electron chi connectivity index (χ1n) is 11.0. The van der Waals surface area contributed by atoms with Crippen molar-refractivity contribution in [2.24, 2.45) is 0 Å². The predicted octanol–water partition coefficient (Wildman–Crippen LogP) is 6.20. The van der Waals surface area contributed by atoms with Gasteiger partial charge in [0.05, 0.1) is 11.2 Å². The zero-order valence-corrected chi connectivity index (χ0v) is 18.7. The lowest BCUT2D eigenvalue weighted by Gasteiger charge is -2.37. The van der Waals surface area contributed by atoms with Crippen molar-refractivity contribution >= 4 is 45.7 Å². The molecule has 1 N–H and O–H groups in total. The molecule has 0 bridgehead atoms. The van der Waals surface area contributed by atoms with E-state index in [1.54, 1.807) is 13.8 Å². The van der Waals surface area contributed by atoms with Gasteiger partial charge in [-0.25, -0.2) is 0 Å². The highest BCUT2D eigenvalue weighted by Crippen LogP contribution is 2.50. The number of furan rings is 1. The first kappa shape index (κ1) is 19.6. The van der Waals surface area contributed by atoms with Crippen molar-refractivity contribution in [2.75, 3.05) is 0 Å².